The number of hydrogen-bond donors (Lipinski definition) is 2. The Hall–Kier alpha value is -2.56. The normalized spacial score (nSPS) is 17.7. The van der Waals surface area contributed by atoms with Gasteiger partial charge in [-0.05, 0) is 35.6 Å². The van der Waals surface area contributed by atoms with Gasteiger partial charge in [0.2, 0.25) is 5.91 Å². The molecule has 5 heteroatoms. The number of likely N-dealkylation sites (tertiary alicyclic amines) is 1. The first-order chi connectivity index (χ1) is 11.6. The minimum absolute atomic E-state index is 0.0359. The Morgan fingerprint density at radius 3 is 2.75 bits per heavy atom. The lowest BCUT2D eigenvalue weighted by Gasteiger charge is -2.36. The maximum Gasteiger partial charge on any atom is 0.312 e. The van der Waals surface area contributed by atoms with E-state index in [0.717, 1.165) is 42.1 Å². The lowest BCUT2D eigenvalue weighted by Crippen LogP contribution is -2.50. The number of primary amides is 1. The zero-order chi connectivity index (χ0) is 16.9. The summed E-state index contributed by atoms with van der Waals surface area (Å²) in [4.78, 5) is 25.7. The van der Waals surface area contributed by atoms with Crippen molar-refractivity contribution in [2.45, 2.75) is 31.7 Å². The Morgan fingerprint density at radius 1 is 1.12 bits per heavy atom. The molecule has 3 N–H and O–H groups in total. The summed E-state index contributed by atoms with van der Waals surface area (Å²) in [5, 5.41) is 4.91. The second-order valence-electron chi connectivity index (χ2n) is 6.30. The second kappa shape index (κ2) is 7.34. The Balaban J connectivity index is 1.75. The van der Waals surface area contributed by atoms with Gasteiger partial charge < -0.3 is 16.0 Å². The summed E-state index contributed by atoms with van der Waals surface area (Å²) in [5.74, 6) is 0.113. The standard InChI is InChI=1S/C19H23N3O2/c20-19(24)21-13-16-9-3-4-11-22(16)18(23)12-15-8-5-7-14-6-1-2-10-17(14)15/h1-2,5-8,10,16H,3-4,9,11-13H2,(H3,20,21,24)/t16-/m0/s1. The first-order valence-electron chi connectivity index (χ1n) is 8.44. The van der Waals surface area contributed by atoms with E-state index in [2.05, 4.69) is 23.5 Å². The largest absolute Gasteiger partial charge is 0.352 e. The molecule has 2 aromatic rings. The topological polar surface area (TPSA) is 75.4 Å². The Labute approximate surface area is 141 Å². The molecule has 126 valence electrons. The minimum Gasteiger partial charge on any atom is -0.352 e. The third-order valence-corrected chi connectivity index (χ3v) is 4.68. The SMILES string of the molecule is NC(=O)NC[C@@H]1CCCCN1C(=O)Cc1cccc2ccccc12. The highest BCUT2D eigenvalue weighted by Crippen LogP contribution is 2.22. The predicted octanol–water partition coefficient (Wildman–Crippen LogP) is 2.43. The summed E-state index contributed by atoms with van der Waals surface area (Å²) in [5.41, 5.74) is 6.21. The monoisotopic (exact) mass is 325 g/mol. The van der Waals surface area contributed by atoms with Gasteiger partial charge in [0.05, 0.1) is 6.42 Å². The van der Waals surface area contributed by atoms with E-state index in [-0.39, 0.29) is 11.9 Å². The van der Waals surface area contributed by atoms with Crippen LogP contribution >= 0.6 is 0 Å². The maximum atomic E-state index is 12.8. The van der Waals surface area contributed by atoms with Gasteiger partial charge in [0.25, 0.3) is 0 Å². The molecular formula is C19H23N3O2. The average Bonchev–Trinajstić information content (AvgIpc) is 2.60. The van der Waals surface area contributed by atoms with E-state index in [1.54, 1.807) is 0 Å². The summed E-state index contributed by atoms with van der Waals surface area (Å²) in [6.45, 7) is 1.17. The van der Waals surface area contributed by atoms with Crippen LogP contribution in [0.5, 0.6) is 0 Å². The van der Waals surface area contributed by atoms with Crippen molar-refractivity contribution in [1.29, 1.82) is 0 Å². The van der Waals surface area contributed by atoms with Crippen LogP contribution < -0.4 is 11.1 Å². The van der Waals surface area contributed by atoms with Gasteiger partial charge in [-0.3, -0.25) is 4.79 Å². The number of amides is 3. The molecule has 1 aliphatic rings. The first kappa shape index (κ1) is 16.3. The quantitative estimate of drug-likeness (QED) is 0.906. The van der Waals surface area contributed by atoms with Gasteiger partial charge in [-0.1, -0.05) is 42.5 Å². The van der Waals surface area contributed by atoms with E-state index in [4.69, 9.17) is 5.73 Å². The number of carbonyl (C=O) groups is 2. The molecule has 0 radical (unpaired) electrons. The van der Waals surface area contributed by atoms with Crippen LogP contribution in [0.2, 0.25) is 0 Å². The molecule has 0 bridgehead atoms. The van der Waals surface area contributed by atoms with Gasteiger partial charge in [-0.15, -0.1) is 0 Å². The maximum absolute atomic E-state index is 12.8. The summed E-state index contributed by atoms with van der Waals surface area (Å²) >= 11 is 0. The molecule has 1 fully saturated rings. The average molecular weight is 325 g/mol. The van der Waals surface area contributed by atoms with Crippen molar-refractivity contribution < 1.29 is 9.59 Å². The zero-order valence-electron chi connectivity index (χ0n) is 13.7. The molecule has 1 saturated heterocycles. The molecule has 0 aliphatic carbocycles. The Morgan fingerprint density at radius 2 is 1.92 bits per heavy atom. The van der Waals surface area contributed by atoms with Crippen LogP contribution in [0.15, 0.2) is 42.5 Å². The molecule has 1 heterocycles. The van der Waals surface area contributed by atoms with Crippen LogP contribution in [0.25, 0.3) is 10.8 Å². The summed E-state index contributed by atoms with van der Waals surface area (Å²) in [6, 6.07) is 13.7. The molecule has 1 aliphatic heterocycles. The number of hydrogen-bond acceptors (Lipinski definition) is 2. The smallest absolute Gasteiger partial charge is 0.312 e. The van der Waals surface area contributed by atoms with Crippen molar-refractivity contribution in [3.8, 4) is 0 Å². The van der Waals surface area contributed by atoms with Crippen LogP contribution in [-0.4, -0.2) is 36.0 Å². The second-order valence-corrected chi connectivity index (χ2v) is 6.30. The molecule has 0 saturated carbocycles. The third kappa shape index (κ3) is 3.67. The molecule has 3 rings (SSSR count). The van der Waals surface area contributed by atoms with Crippen molar-refractivity contribution >= 4 is 22.7 Å². The van der Waals surface area contributed by atoms with Gasteiger partial charge in [0, 0.05) is 19.1 Å². The molecule has 5 nitrogen and oxygen atoms in total. The Kier molecular flexibility index (Phi) is 4.99. The van der Waals surface area contributed by atoms with E-state index < -0.39 is 6.03 Å². The number of urea groups is 1. The fourth-order valence-electron chi connectivity index (χ4n) is 3.47. The molecule has 2 aromatic carbocycles. The Bertz CT molecular complexity index is 739. The number of benzene rings is 2. The zero-order valence-corrected chi connectivity index (χ0v) is 13.7. The van der Waals surface area contributed by atoms with Crippen molar-refractivity contribution in [2.75, 3.05) is 13.1 Å². The summed E-state index contributed by atoms with van der Waals surface area (Å²) < 4.78 is 0. The summed E-state index contributed by atoms with van der Waals surface area (Å²) in [6.07, 6.45) is 3.37. The van der Waals surface area contributed by atoms with Gasteiger partial charge in [0.15, 0.2) is 0 Å². The number of nitrogens with one attached hydrogen (secondary N) is 1. The molecule has 24 heavy (non-hydrogen) atoms. The lowest BCUT2D eigenvalue weighted by molar-refractivity contribution is -0.134. The van der Waals surface area contributed by atoms with Crippen molar-refractivity contribution in [3.05, 3.63) is 48.0 Å². The highest BCUT2D eigenvalue weighted by molar-refractivity contribution is 5.90. The van der Waals surface area contributed by atoms with E-state index in [0.29, 0.717) is 13.0 Å². The molecule has 3 amide bonds. The fraction of sp³-hybridized carbons (Fsp3) is 0.368. The number of carbonyl (C=O) groups excluding carboxylic acids is 2. The molecular weight excluding hydrogens is 302 g/mol. The molecule has 0 spiro atoms. The predicted molar refractivity (Wildman–Crippen MR) is 94.6 cm³/mol. The van der Waals surface area contributed by atoms with Crippen LogP contribution in [0.3, 0.4) is 0 Å². The molecule has 1 atom stereocenters. The van der Waals surface area contributed by atoms with Gasteiger partial charge in [-0.2, -0.15) is 0 Å². The van der Waals surface area contributed by atoms with Crippen LogP contribution in [0, 0.1) is 0 Å². The highest BCUT2D eigenvalue weighted by Gasteiger charge is 2.27. The molecule has 0 aromatic heterocycles. The van der Waals surface area contributed by atoms with Crippen LogP contribution in [0.1, 0.15) is 24.8 Å². The summed E-state index contributed by atoms with van der Waals surface area (Å²) in [7, 11) is 0. The van der Waals surface area contributed by atoms with Gasteiger partial charge in [0.1, 0.15) is 0 Å². The number of fused-ring (bicyclic) bond motifs is 1. The first-order valence-corrected chi connectivity index (χ1v) is 8.44. The van der Waals surface area contributed by atoms with Crippen molar-refractivity contribution in [1.82, 2.24) is 10.2 Å². The number of nitrogens with zero attached hydrogens (tertiary/aromatic N) is 1. The number of piperidine rings is 1. The van der Waals surface area contributed by atoms with E-state index in [9.17, 15) is 9.59 Å². The van der Waals surface area contributed by atoms with Crippen LogP contribution in [0.4, 0.5) is 4.79 Å². The number of nitrogens with two attached hydrogens (primary N) is 1. The van der Waals surface area contributed by atoms with Gasteiger partial charge in [-0.25, -0.2) is 4.79 Å². The minimum atomic E-state index is -0.540. The van der Waals surface area contributed by atoms with Crippen molar-refractivity contribution in [3.63, 3.8) is 0 Å². The van der Waals surface area contributed by atoms with E-state index in [1.165, 1.54) is 0 Å². The van der Waals surface area contributed by atoms with E-state index in [1.807, 2.05) is 29.2 Å². The third-order valence-electron chi connectivity index (χ3n) is 4.68. The fourth-order valence-corrected chi connectivity index (χ4v) is 3.47. The van der Waals surface area contributed by atoms with E-state index >= 15 is 0 Å². The van der Waals surface area contributed by atoms with Crippen LogP contribution in [-0.2, 0) is 11.2 Å². The highest BCUT2D eigenvalue weighted by atomic mass is 16.2. The van der Waals surface area contributed by atoms with Gasteiger partial charge >= 0.3 is 6.03 Å². The molecule has 0 unspecified atom stereocenters. The lowest BCUT2D eigenvalue weighted by atomic mass is 9.98. The van der Waals surface area contributed by atoms with Crippen molar-refractivity contribution in [2.24, 2.45) is 5.73 Å². The number of rotatable bonds is 4.